The lowest BCUT2D eigenvalue weighted by Crippen LogP contribution is -2.08. The summed E-state index contributed by atoms with van der Waals surface area (Å²) in [7, 11) is 3.36. The molecule has 0 fully saturated rings. The highest BCUT2D eigenvalue weighted by Crippen LogP contribution is 2.37. The van der Waals surface area contributed by atoms with Crippen LogP contribution in [0.5, 0.6) is 5.75 Å². The van der Waals surface area contributed by atoms with Gasteiger partial charge in [-0.3, -0.25) is 4.68 Å². The highest BCUT2D eigenvalue weighted by molar-refractivity contribution is 5.78. The SMILES string of the molecule is CCC(O)c1cnc(Nc2ccc(F)cc2)nc1Nc1cccc(-c2ncn(C)n2)c1OC. The zero-order valence-corrected chi connectivity index (χ0v) is 18.5. The number of ether oxygens (including phenoxy) is 1. The van der Waals surface area contributed by atoms with E-state index in [1.807, 2.05) is 25.1 Å². The fraction of sp³-hybridized carbons (Fsp3) is 0.217. The topological polar surface area (TPSA) is 110 Å². The van der Waals surface area contributed by atoms with Crippen molar-refractivity contribution in [1.29, 1.82) is 0 Å². The maximum Gasteiger partial charge on any atom is 0.229 e. The van der Waals surface area contributed by atoms with E-state index < -0.39 is 6.10 Å². The smallest absolute Gasteiger partial charge is 0.229 e. The number of hydrogen-bond acceptors (Lipinski definition) is 8. The number of hydrogen-bond donors (Lipinski definition) is 3. The van der Waals surface area contributed by atoms with E-state index in [0.717, 1.165) is 0 Å². The molecule has 0 spiro atoms. The second-order valence-corrected chi connectivity index (χ2v) is 7.31. The molecule has 0 radical (unpaired) electrons. The monoisotopic (exact) mass is 449 g/mol. The summed E-state index contributed by atoms with van der Waals surface area (Å²) >= 11 is 0. The molecule has 0 saturated carbocycles. The van der Waals surface area contributed by atoms with Gasteiger partial charge in [0.05, 0.1) is 24.5 Å². The molecule has 2 aromatic heterocycles. The van der Waals surface area contributed by atoms with Crippen LogP contribution < -0.4 is 15.4 Å². The minimum atomic E-state index is -0.765. The summed E-state index contributed by atoms with van der Waals surface area (Å²) in [5.41, 5.74) is 2.50. The number of nitrogens with one attached hydrogen (secondary N) is 2. The Balaban J connectivity index is 1.72. The Morgan fingerprint density at radius 1 is 1.12 bits per heavy atom. The highest BCUT2D eigenvalue weighted by Gasteiger charge is 2.19. The van der Waals surface area contributed by atoms with Crippen LogP contribution in [-0.4, -0.2) is 36.9 Å². The average molecular weight is 449 g/mol. The van der Waals surface area contributed by atoms with Gasteiger partial charge in [0.2, 0.25) is 5.95 Å². The molecule has 0 aliphatic heterocycles. The number of aliphatic hydroxyl groups is 1. The van der Waals surface area contributed by atoms with Crippen LogP contribution >= 0.6 is 0 Å². The number of aromatic nitrogens is 5. The van der Waals surface area contributed by atoms with Gasteiger partial charge in [0.1, 0.15) is 18.0 Å². The van der Waals surface area contributed by atoms with Crippen LogP contribution in [0.4, 0.5) is 27.5 Å². The van der Waals surface area contributed by atoms with Crippen molar-refractivity contribution in [2.75, 3.05) is 17.7 Å². The molecule has 0 aliphatic rings. The summed E-state index contributed by atoms with van der Waals surface area (Å²) in [6.45, 7) is 1.87. The van der Waals surface area contributed by atoms with Gasteiger partial charge in [-0.05, 0) is 42.8 Å². The summed E-state index contributed by atoms with van der Waals surface area (Å²) < 4.78 is 20.5. The third kappa shape index (κ3) is 4.90. The quantitative estimate of drug-likeness (QED) is 0.364. The summed E-state index contributed by atoms with van der Waals surface area (Å²) in [6.07, 6.45) is 2.89. The van der Waals surface area contributed by atoms with E-state index in [2.05, 4.69) is 30.7 Å². The van der Waals surface area contributed by atoms with Crippen LogP contribution in [0, 0.1) is 5.82 Å². The molecule has 9 nitrogen and oxygen atoms in total. The van der Waals surface area contributed by atoms with E-state index >= 15 is 0 Å². The van der Waals surface area contributed by atoms with Crippen LogP contribution in [0.15, 0.2) is 55.0 Å². The molecular weight excluding hydrogens is 425 g/mol. The maximum atomic E-state index is 13.2. The first-order chi connectivity index (χ1) is 16.0. The Hall–Kier alpha value is -4.05. The lowest BCUT2D eigenvalue weighted by atomic mass is 10.1. The first-order valence-corrected chi connectivity index (χ1v) is 10.4. The van der Waals surface area contributed by atoms with E-state index in [1.165, 1.54) is 12.1 Å². The Morgan fingerprint density at radius 2 is 1.91 bits per heavy atom. The maximum absolute atomic E-state index is 13.2. The molecule has 1 atom stereocenters. The number of benzene rings is 2. The minimum Gasteiger partial charge on any atom is -0.494 e. The molecule has 0 aliphatic carbocycles. The number of aliphatic hydroxyl groups excluding tert-OH is 1. The predicted octanol–water partition coefficient (Wildman–Crippen LogP) is 4.35. The van der Waals surface area contributed by atoms with Crippen molar-refractivity contribution in [3.8, 4) is 17.1 Å². The molecule has 0 saturated heterocycles. The molecule has 10 heteroatoms. The van der Waals surface area contributed by atoms with Gasteiger partial charge >= 0.3 is 0 Å². The predicted molar refractivity (Wildman–Crippen MR) is 123 cm³/mol. The zero-order valence-electron chi connectivity index (χ0n) is 18.5. The van der Waals surface area contributed by atoms with E-state index in [-0.39, 0.29) is 11.8 Å². The Labute approximate surface area is 190 Å². The van der Waals surface area contributed by atoms with Crippen LogP contribution in [0.1, 0.15) is 25.0 Å². The third-order valence-electron chi connectivity index (χ3n) is 4.98. The standard InChI is InChI=1S/C23H24FN7O2/c1-4-19(32)17-12-25-23(27-15-10-8-14(24)9-11-15)29-22(17)28-18-7-5-6-16(20(18)33-3)21-26-13-31(2)30-21/h5-13,19,32H,4H2,1-3H3,(H2,25,27,28,29). The summed E-state index contributed by atoms with van der Waals surface area (Å²) in [5, 5.41) is 21.2. The molecule has 170 valence electrons. The summed E-state index contributed by atoms with van der Waals surface area (Å²) in [5.74, 6) is 1.42. The number of nitrogens with zero attached hydrogens (tertiary/aromatic N) is 5. The molecule has 0 amide bonds. The van der Waals surface area contributed by atoms with Gasteiger partial charge in [-0.15, -0.1) is 0 Å². The third-order valence-corrected chi connectivity index (χ3v) is 4.98. The number of para-hydroxylation sites is 1. The van der Waals surface area contributed by atoms with Crippen LogP contribution in [-0.2, 0) is 7.05 Å². The lowest BCUT2D eigenvalue weighted by Gasteiger charge is -2.18. The summed E-state index contributed by atoms with van der Waals surface area (Å²) in [4.78, 5) is 13.2. The molecular formula is C23H24FN7O2. The Morgan fingerprint density at radius 3 is 2.58 bits per heavy atom. The lowest BCUT2D eigenvalue weighted by molar-refractivity contribution is 0.173. The van der Waals surface area contributed by atoms with Gasteiger partial charge in [0, 0.05) is 24.5 Å². The number of anilines is 4. The van der Waals surface area contributed by atoms with Crippen molar-refractivity contribution in [2.45, 2.75) is 19.4 Å². The average Bonchev–Trinajstić information content (AvgIpc) is 3.26. The van der Waals surface area contributed by atoms with Crippen LogP contribution in [0.2, 0.25) is 0 Å². The normalized spacial score (nSPS) is 11.8. The second kappa shape index (κ2) is 9.61. The van der Waals surface area contributed by atoms with E-state index in [4.69, 9.17) is 4.74 Å². The Bertz CT molecular complexity index is 1240. The van der Waals surface area contributed by atoms with Crippen LogP contribution in [0.25, 0.3) is 11.4 Å². The van der Waals surface area contributed by atoms with Gasteiger partial charge < -0.3 is 20.5 Å². The van der Waals surface area contributed by atoms with Gasteiger partial charge in [-0.1, -0.05) is 13.0 Å². The fourth-order valence-corrected chi connectivity index (χ4v) is 3.30. The molecule has 33 heavy (non-hydrogen) atoms. The first-order valence-electron chi connectivity index (χ1n) is 10.4. The number of halogens is 1. The van der Waals surface area contributed by atoms with Crippen molar-refractivity contribution < 1.29 is 14.2 Å². The van der Waals surface area contributed by atoms with Crippen molar-refractivity contribution in [2.24, 2.45) is 7.05 Å². The van der Waals surface area contributed by atoms with Crippen molar-refractivity contribution >= 4 is 23.1 Å². The van der Waals surface area contributed by atoms with Gasteiger partial charge in [0.15, 0.2) is 11.6 Å². The Kier molecular flexibility index (Phi) is 6.45. The number of rotatable bonds is 8. The number of methoxy groups -OCH3 is 1. The van der Waals surface area contributed by atoms with Gasteiger partial charge in [-0.2, -0.15) is 10.1 Å². The van der Waals surface area contributed by atoms with Crippen LogP contribution in [0.3, 0.4) is 0 Å². The molecule has 2 heterocycles. The highest BCUT2D eigenvalue weighted by atomic mass is 19.1. The molecule has 4 aromatic rings. The second-order valence-electron chi connectivity index (χ2n) is 7.31. The van der Waals surface area contributed by atoms with Crippen molar-refractivity contribution in [3.05, 3.63) is 66.4 Å². The summed E-state index contributed by atoms with van der Waals surface area (Å²) in [6, 6.07) is 11.4. The first kappa shape index (κ1) is 22.2. The van der Waals surface area contributed by atoms with E-state index in [0.29, 0.717) is 46.3 Å². The molecule has 3 N–H and O–H groups in total. The largest absolute Gasteiger partial charge is 0.494 e. The van der Waals surface area contributed by atoms with Gasteiger partial charge in [-0.25, -0.2) is 14.4 Å². The molecule has 4 rings (SSSR count). The van der Waals surface area contributed by atoms with E-state index in [9.17, 15) is 9.50 Å². The molecule has 1 unspecified atom stereocenters. The van der Waals surface area contributed by atoms with Crippen molar-refractivity contribution in [3.63, 3.8) is 0 Å². The van der Waals surface area contributed by atoms with Crippen molar-refractivity contribution in [1.82, 2.24) is 24.7 Å². The fourth-order valence-electron chi connectivity index (χ4n) is 3.30. The zero-order chi connectivity index (χ0) is 23.4. The molecule has 0 bridgehead atoms. The number of aryl methyl sites for hydroxylation is 1. The minimum absolute atomic E-state index is 0.290. The van der Waals surface area contributed by atoms with E-state index in [1.54, 1.807) is 43.5 Å². The van der Waals surface area contributed by atoms with Gasteiger partial charge in [0.25, 0.3) is 0 Å². The molecule has 2 aromatic carbocycles.